The number of benzene rings is 1. The summed E-state index contributed by atoms with van der Waals surface area (Å²) >= 11 is 0. The molecule has 2 aliphatic rings. The first-order chi connectivity index (χ1) is 10.6. The second-order valence-electron chi connectivity index (χ2n) is 6.50. The first kappa shape index (κ1) is 15.4. The summed E-state index contributed by atoms with van der Waals surface area (Å²) < 4.78 is 13.3. The van der Waals surface area contributed by atoms with Gasteiger partial charge >= 0.3 is 0 Å². The Labute approximate surface area is 130 Å². The molecule has 2 fully saturated rings. The van der Waals surface area contributed by atoms with Crippen molar-refractivity contribution in [2.75, 3.05) is 32.8 Å². The zero-order chi connectivity index (χ0) is 15.6. The first-order valence-electron chi connectivity index (χ1n) is 8.01. The van der Waals surface area contributed by atoms with Crippen LogP contribution in [0.3, 0.4) is 0 Å². The van der Waals surface area contributed by atoms with E-state index >= 15 is 0 Å². The quantitative estimate of drug-likeness (QED) is 0.873. The maximum absolute atomic E-state index is 13.3. The first-order valence-corrected chi connectivity index (χ1v) is 8.01. The number of aliphatic hydroxyl groups excluding tert-OH is 1. The Bertz CT molecular complexity index is 541. The topological polar surface area (TPSA) is 52.6 Å². The molecule has 5 heteroatoms. The van der Waals surface area contributed by atoms with Gasteiger partial charge in [0.05, 0.1) is 0 Å². The molecule has 2 heterocycles. The smallest absolute Gasteiger partial charge is 0.253 e. The molecule has 0 unspecified atom stereocenters. The van der Waals surface area contributed by atoms with Crippen LogP contribution in [0, 0.1) is 17.2 Å². The summed E-state index contributed by atoms with van der Waals surface area (Å²) in [5, 5.41) is 13.0. The van der Waals surface area contributed by atoms with Crippen LogP contribution in [0.2, 0.25) is 0 Å². The standard InChI is InChI=1S/C17H23FN2O2/c18-15-3-1-2-13(10-15)16(22)20-8-5-17(6-9-20)4-7-19-11-14(17)12-21/h1-3,10,14,19,21H,4-9,11-12H2/t14-/m0/s1. The summed E-state index contributed by atoms with van der Waals surface area (Å²) in [6, 6.07) is 5.88. The van der Waals surface area contributed by atoms with Gasteiger partial charge in [0.15, 0.2) is 0 Å². The fraction of sp³-hybridized carbons (Fsp3) is 0.588. The summed E-state index contributed by atoms with van der Waals surface area (Å²) in [6.07, 6.45) is 2.89. The average molecular weight is 306 g/mol. The van der Waals surface area contributed by atoms with E-state index in [4.69, 9.17) is 0 Å². The van der Waals surface area contributed by atoms with Crippen LogP contribution in [-0.4, -0.2) is 48.7 Å². The van der Waals surface area contributed by atoms with E-state index in [1.54, 1.807) is 12.1 Å². The second kappa shape index (κ2) is 6.34. The maximum atomic E-state index is 13.3. The molecule has 1 amide bonds. The lowest BCUT2D eigenvalue weighted by molar-refractivity contribution is -0.00116. The van der Waals surface area contributed by atoms with Gasteiger partial charge in [-0.1, -0.05) is 6.07 Å². The van der Waals surface area contributed by atoms with E-state index in [0.717, 1.165) is 32.4 Å². The van der Waals surface area contributed by atoms with Gasteiger partial charge < -0.3 is 15.3 Å². The van der Waals surface area contributed by atoms with Gasteiger partial charge in [-0.15, -0.1) is 0 Å². The van der Waals surface area contributed by atoms with Crippen LogP contribution in [-0.2, 0) is 0 Å². The Hall–Kier alpha value is -1.46. The minimum Gasteiger partial charge on any atom is -0.396 e. The molecule has 2 N–H and O–H groups in total. The number of rotatable bonds is 2. The molecule has 2 aliphatic heterocycles. The highest BCUT2D eigenvalue weighted by Gasteiger charge is 2.43. The molecule has 3 rings (SSSR count). The van der Waals surface area contributed by atoms with E-state index in [0.29, 0.717) is 18.7 Å². The number of piperidine rings is 2. The van der Waals surface area contributed by atoms with Crippen molar-refractivity contribution >= 4 is 5.91 Å². The minimum absolute atomic E-state index is 0.0937. The minimum atomic E-state index is -0.377. The van der Waals surface area contributed by atoms with Crippen molar-refractivity contribution < 1.29 is 14.3 Å². The molecule has 1 aromatic rings. The lowest BCUT2D eigenvalue weighted by atomic mass is 9.65. The highest BCUT2D eigenvalue weighted by Crippen LogP contribution is 2.43. The molecule has 1 atom stereocenters. The van der Waals surface area contributed by atoms with Crippen molar-refractivity contribution in [3.05, 3.63) is 35.6 Å². The van der Waals surface area contributed by atoms with Crippen LogP contribution in [0.5, 0.6) is 0 Å². The summed E-state index contributed by atoms with van der Waals surface area (Å²) in [7, 11) is 0. The Balaban J connectivity index is 1.67. The molecular formula is C17H23FN2O2. The Kier molecular flexibility index (Phi) is 4.45. The van der Waals surface area contributed by atoms with E-state index < -0.39 is 0 Å². The number of likely N-dealkylation sites (tertiary alicyclic amines) is 1. The van der Waals surface area contributed by atoms with Crippen LogP contribution in [0.4, 0.5) is 4.39 Å². The highest BCUT2D eigenvalue weighted by molar-refractivity contribution is 5.94. The van der Waals surface area contributed by atoms with E-state index in [9.17, 15) is 14.3 Å². The van der Waals surface area contributed by atoms with Crippen molar-refractivity contribution in [1.82, 2.24) is 10.2 Å². The van der Waals surface area contributed by atoms with Gasteiger partial charge in [0.2, 0.25) is 0 Å². The summed E-state index contributed by atoms with van der Waals surface area (Å²) in [6.45, 7) is 3.41. The van der Waals surface area contributed by atoms with Crippen LogP contribution in [0.25, 0.3) is 0 Å². The number of amides is 1. The van der Waals surface area contributed by atoms with Gasteiger partial charge in [-0.05, 0) is 49.4 Å². The zero-order valence-electron chi connectivity index (χ0n) is 12.7. The van der Waals surface area contributed by atoms with Crippen molar-refractivity contribution in [2.45, 2.75) is 19.3 Å². The van der Waals surface area contributed by atoms with Crippen molar-refractivity contribution in [3.63, 3.8) is 0 Å². The molecule has 22 heavy (non-hydrogen) atoms. The monoisotopic (exact) mass is 306 g/mol. The lowest BCUT2D eigenvalue weighted by Gasteiger charge is -2.49. The maximum Gasteiger partial charge on any atom is 0.253 e. The van der Waals surface area contributed by atoms with Crippen molar-refractivity contribution in [1.29, 1.82) is 0 Å². The molecule has 1 spiro atoms. The molecular weight excluding hydrogens is 283 g/mol. The van der Waals surface area contributed by atoms with E-state index in [2.05, 4.69) is 5.32 Å². The second-order valence-corrected chi connectivity index (χ2v) is 6.50. The Morgan fingerprint density at radius 3 is 2.82 bits per heavy atom. The van der Waals surface area contributed by atoms with E-state index in [1.165, 1.54) is 12.1 Å². The third-order valence-corrected chi connectivity index (χ3v) is 5.39. The molecule has 4 nitrogen and oxygen atoms in total. The third kappa shape index (κ3) is 2.88. The largest absolute Gasteiger partial charge is 0.396 e. The van der Waals surface area contributed by atoms with Gasteiger partial charge in [-0.3, -0.25) is 4.79 Å². The molecule has 0 aromatic heterocycles. The third-order valence-electron chi connectivity index (χ3n) is 5.39. The van der Waals surface area contributed by atoms with Crippen LogP contribution in [0.15, 0.2) is 24.3 Å². The summed E-state index contributed by atoms with van der Waals surface area (Å²) in [5.41, 5.74) is 0.568. The molecule has 1 aromatic carbocycles. The Morgan fingerprint density at radius 2 is 2.14 bits per heavy atom. The van der Waals surface area contributed by atoms with Crippen molar-refractivity contribution in [2.24, 2.45) is 11.3 Å². The normalized spacial score (nSPS) is 24.5. The van der Waals surface area contributed by atoms with Gasteiger partial charge in [-0.25, -0.2) is 4.39 Å². The highest BCUT2D eigenvalue weighted by atomic mass is 19.1. The van der Waals surface area contributed by atoms with Gasteiger partial charge in [-0.2, -0.15) is 0 Å². The Morgan fingerprint density at radius 1 is 1.36 bits per heavy atom. The number of halogens is 1. The zero-order valence-corrected chi connectivity index (χ0v) is 12.7. The van der Waals surface area contributed by atoms with Crippen LogP contribution < -0.4 is 5.32 Å². The number of carbonyl (C=O) groups excluding carboxylic acids is 1. The van der Waals surface area contributed by atoms with Crippen molar-refractivity contribution in [3.8, 4) is 0 Å². The number of nitrogens with one attached hydrogen (secondary N) is 1. The van der Waals surface area contributed by atoms with Gasteiger partial charge in [0.1, 0.15) is 5.82 Å². The predicted octanol–water partition coefficient (Wildman–Crippen LogP) is 1.65. The number of carbonyl (C=O) groups is 1. The van der Waals surface area contributed by atoms with Gasteiger partial charge in [0.25, 0.3) is 5.91 Å². The van der Waals surface area contributed by atoms with Gasteiger partial charge in [0, 0.05) is 37.7 Å². The average Bonchev–Trinajstić information content (AvgIpc) is 2.55. The van der Waals surface area contributed by atoms with E-state index in [1.807, 2.05) is 4.90 Å². The number of hydrogen-bond donors (Lipinski definition) is 2. The molecule has 0 saturated carbocycles. The molecule has 0 bridgehead atoms. The fourth-order valence-electron chi connectivity index (χ4n) is 3.91. The summed E-state index contributed by atoms with van der Waals surface area (Å²) in [5.74, 6) is -0.200. The number of aliphatic hydroxyl groups is 1. The molecule has 120 valence electrons. The molecule has 0 aliphatic carbocycles. The SMILES string of the molecule is O=C(c1cccc(F)c1)N1CCC2(CCNC[C@H]2CO)CC1. The van der Waals surface area contributed by atoms with Crippen LogP contribution in [0.1, 0.15) is 29.6 Å². The number of nitrogens with zero attached hydrogens (tertiary/aromatic N) is 1. The lowest BCUT2D eigenvalue weighted by Crippen LogP contribution is -2.53. The number of hydrogen-bond acceptors (Lipinski definition) is 3. The van der Waals surface area contributed by atoms with Crippen LogP contribution >= 0.6 is 0 Å². The molecule has 2 saturated heterocycles. The van der Waals surface area contributed by atoms with E-state index in [-0.39, 0.29) is 29.7 Å². The molecule has 0 radical (unpaired) electrons. The summed E-state index contributed by atoms with van der Waals surface area (Å²) in [4.78, 5) is 14.3. The predicted molar refractivity (Wildman–Crippen MR) is 82.0 cm³/mol. The fourth-order valence-corrected chi connectivity index (χ4v) is 3.91.